The maximum atomic E-state index is 12.1. The topological polar surface area (TPSA) is 54.4 Å². The van der Waals surface area contributed by atoms with Crippen molar-refractivity contribution in [2.75, 3.05) is 0 Å². The monoisotopic (exact) mass is 246 g/mol. The first kappa shape index (κ1) is 12.8. The lowest BCUT2D eigenvalue weighted by molar-refractivity contribution is -0.144. The quantitative estimate of drug-likeness (QED) is 0.892. The Balaban J connectivity index is 2.32. The van der Waals surface area contributed by atoms with Gasteiger partial charge in [-0.2, -0.15) is 0 Å². The summed E-state index contributed by atoms with van der Waals surface area (Å²) in [6, 6.07) is 9.57. The third-order valence-corrected chi connectivity index (χ3v) is 3.93. The van der Waals surface area contributed by atoms with E-state index in [2.05, 4.69) is 0 Å². The summed E-state index contributed by atoms with van der Waals surface area (Å²) in [5.41, 5.74) is 0.959. The average Bonchev–Trinajstić information content (AvgIpc) is 2.38. The van der Waals surface area contributed by atoms with Crippen molar-refractivity contribution in [3.63, 3.8) is 0 Å². The Bertz CT molecular complexity index is 438. The molecule has 1 N–H and O–H groups in total. The largest absolute Gasteiger partial charge is 0.481 e. The molecular formula is C15H18O3. The molecule has 3 nitrogen and oxygen atoms in total. The molecule has 2 rings (SSSR count). The molecule has 0 saturated heterocycles. The highest BCUT2D eigenvalue weighted by atomic mass is 16.4. The van der Waals surface area contributed by atoms with Crippen LogP contribution in [0.25, 0.3) is 0 Å². The summed E-state index contributed by atoms with van der Waals surface area (Å²) in [7, 11) is 0. The summed E-state index contributed by atoms with van der Waals surface area (Å²) in [5, 5.41) is 9.17. The van der Waals surface area contributed by atoms with Gasteiger partial charge in [0.2, 0.25) is 0 Å². The highest BCUT2D eigenvalue weighted by molar-refractivity contribution is 5.87. The van der Waals surface area contributed by atoms with Gasteiger partial charge >= 0.3 is 5.97 Å². The van der Waals surface area contributed by atoms with Crippen molar-refractivity contribution < 1.29 is 14.7 Å². The van der Waals surface area contributed by atoms with E-state index in [0.29, 0.717) is 6.42 Å². The van der Waals surface area contributed by atoms with Crippen molar-refractivity contribution in [2.24, 2.45) is 11.8 Å². The van der Waals surface area contributed by atoms with Gasteiger partial charge in [0, 0.05) is 12.3 Å². The number of carboxylic acid groups (broad SMARTS) is 1. The molecule has 0 radical (unpaired) electrons. The summed E-state index contributed by atoms with van der Waals surface area (Å²) in [6.07, 6.45) is 2.20. The molecule has 0 spiro atoms. The summed E-state index contributed by atoms with van der Waals surface area (Å²) >= 11 is 0. The van der Waals surface area contributed by atoms with E-state index in [1.165, 1.54) is 0 Å². The molecule has 0 amide bonds. The minimum Gasteiger partial charge on any atom is -0.481 e. The fourth-order valence-electron chi connectivity index (χ4n) is 2.89. The van der Waals surface area contributed by atoms with E-state index in [0.717, 1.165) is 18.4 Å². The van der Waals surface area contributed by atoms with Crippen LogP contribution in [-0.2, 0) is 9.59 Å². The molecule has 1 aromatic rings. The van der Waals surface area contributed by atoms with Gasteiger partial charge in [0.25, 0.3) is 0 Å². The summed E-state index contributed by atoms with van der Waals surface area (Å²) < 4.78 is 0. The lowest BCUT2D eigenvalue weighted by Crippen LogP contribution is -2.34. The van der Waals surface area contributed by atoms with Crippen LogP contribution in [0, 0.1) is 11.8 Å². The Morgan fingerprint density at radius 3 is 2.61 bits per heavy atom. The molecule has 1 fully saturated rings. The number of hydrogen-bond donors (Lipinski definition) is 1. The normalized spacial score (nSPS) is 25.7. The Morgan fingerprint density at radius 1 is 1.33 bits per heavy atom. The molecule has 0 aromatic heterocycles. The van der Waals surface area contributed by atoms with Crippen LogP contribution in [0.1, 0.15) is 37.7 Å². The van der Waals surface area contributed by atoms with E-state index < -0.39 is 11.9 Å². The van der Waals surface area contributed by atoms with E-state index in [-0.39, 0.29) is 17.6 Å². The maximum absolute atomic E-state index is 12.1. The van der Waals surface area contributed by atoms with Crippen LogP contribution in [-0.4, -0.2) is 16.9 Å². The van der Waals surface area contributed by atoms with Gasteiger partial charge in [-0.05, 0) is 24.3 Å². The van der Waals surface area contributed by atoms with Gasteiger partial charge in [-0.1, -0.05) is 37.3 Å². The Morgan fingerprint density at radius 2 is 2.00 bits per heavy atom. The third-order valence-electron chi connectivity index (χ3n) is 3.93. The van der Waals surface area contributed by atoms with E-state index in [1.807, 2.05) is 30.3 Å². The Kier molecular flexibility index (Phi) is 3.80. The zero-order chi connectivity index (χ0) is 13.1. The van der Waals surface area contributed by atoms with Gasteiger partial charge in [-0.15, -0.1) is 0 Å². The molecule has 1 aromatic carbocycles. The maximum Gasteiger partial charge on any atom is 0.306 e. The van der Waals surface area contributed by atoms with Gasteiger partial charge < -0.3 is 5.11 Å². The van der Waals surface area contributed by atoms with Crippen LogP contribution in [0.15, 0.2) is 30.3 Å². The van der Waals surface area contributed by atoms with Crippen molar-refractivity contribution in [1.82, 2.24) is 0 Å². The highest BCUT2D eigenvalue weighted by Crippen LogP contribution is 2.39. The van der Waals surface area contributed by atoms with E-state index in [4.69, 9.17) is 0 Å². The standard InChI is InChI=1S/C15H18O3/c1-10(15(17)18)12-8-5-9-13(16)14(12)11-6-3-2-4-7-11/h2-4,6-7,10,12,14H,5,8-9H2,1H3,(H,17,18). The first-order valence-corrected chi connectivity index (χ1v) is 6.41. The fraction of sp³-hybridized carbons (Fsp3) is 0.467. The second-order valence-electron chi connectivity index (χ2n) is 5.04. The highest BCUT2D eigenvalue weighted by Gasteiger charge is 2.38. The van der Waals surface area contributed by atoms with Crippen molar-refractivity contribution in [3.8, 4) is 0 Å². The second-order valence-corrected chi connectivity index (χ2v) is 5.04. The summed E-state index contributed by atoms with van der Waals surface area (Å²) in [5.74, 6) is -1.42. The predicted molar refractivity (Wildman–Crippen MR) is 68.3 cm³/mol. The average molecular weight is 246 g/mol. The molecule has 1 aliphatic carbocycles. The van der Waals surface area contributed by atoms with Gasteiger partial charge in [0.05, 0.1) is 5.92 Å². The van der Waals surface area contributed by atoms with E-state index in [9.17, 15) is 14.7 Å². The minimum atomic E-state index is -0.810. The molecule has 0 heterocycles. The molecular weight excluding hydrogens is 228 g/mol. The molecule has 0 bridgehead atoms. The lowest BCUT2D eigenvalue weighted by Gasteiger charge is -2.33. The molecule has 0 aliphatic heterocycles. The van der Waals surface area contributed by atoms with E-state index in [1.54, 1.807) is 6.92 Å². The number of Topliss-reactive ketones (excluding diaryl/α,β-unsaturated/α-hetero) is 1. The van der Waals surface area contributed by atoms with Crippen LogP contribution in [0.5, 0.6) is 0 Å². The van der Waals surface area contributed by atoms with Crippen LogP contribution >= 0.6 is 0 Å². The van der Waals surface area contributed by atoms with Crippen LogP contribution < -0.4 is 0 Å². The molecule has 96 valence electrons. The van der Waals surface area contributed by atoms with Crippen molar-refractivity contribution in [1.29, 1.82) is 0 Å². The molecule has 3 unspecified atom stereocenters. The predicted octanol–water partition coefficient (Wildman–Crippen LogP) is 2.86. The number of ketones is 1. The molecule has 1 saturated carbocycles. The third kappa shape index (κ3) is 2.45. The smallest absolute Gasteiger partial charge is 0.306 e. The number of aliphatic carboxylic acids is 1. The zero-order valence-electron chi connectivity index (χ0n) is 10.5. The SMILES string of the molecule is CC(C(=O)O)C1CCCC(=O)C1c1ccccc1. The molecule has 3 atom stereocenters. The van der Waals surface area contributed by atoms with Crippen LogP contribution in [0.2, 0.25) is 0 Å². The van der Waals surface area contributed by atoms with Gasteiger partial charge in [0.1, 0.15) is 5.78 Å². The Hall–Kier alpha value is -1.64. The number of carboxylic acids is 1. The number of hydrogen-bond acceptors (Lipinski definition) is 2. The van der Waals surface area contributed by atoms with Crippen molar-refractivity contribution >= 4 is 11.8 Å². The Labute approximate surface area is 107 Å². The van der Waals surface area contributed by atoms with Gasteiger partial charge in [0.15, 0.2) is 0 Å². The molecule has 18 heavy (non-hydrogen) atoms. The first-order valence-electron chi connectivity index (χ1n) is 6.41. The molecule has 1 aliphatic rings. The molecule has 3 heteroatoms. The van der Waals surface area contributed by atoms with Gasteiger partial charge in [-0.25, -0.2) is 0 Å². The minimum absolute atomic E-state index is 0.0776. The van der Waals surface area contributed by atoms with Gasteiger partial charge in [-0.3, -0.25) is 9.59 Å². The van der Waals surface area contributed by atoms with Crippen LogP contribution in [0.4, 0.5) is 0 Å². The summed E-state index contributed by atoms with van der Waals surface area (Å²) in [6.45, 7) is 1.71. The number of benzene rings is 1. The summed E-state index contributed by atoms with van der Waals surface area (Å²) in [4.78, 5) is 23.3. The number of carbonyl (C=O) groups is 2. The lowest BCUT2D eigenvalue weighted by atomic mass is 9.69. The number of rotatable bonds is 3. The fourth-order valence-corrected chi connectivity index (χ4v) is 2.89. The van der Waals surface area contributed by atoms with Crippen molar-refractivity contribution in [3.05, 3.63) is 35.9 Å². The first-order chi connectivity index (χ1) is 8.61. The number of carbonyl (C=O) groups excluding carboxylic acids is 1. The van der Waals surface area contributed by atoms with Crippen LogP contribution in [0.3, 0.4) is 0 Å². The zero-order valence-corrected chi connectivity index (χ0v) is 10.5. The second kappa shape index (κ2) is 5.34. The van der Waals surface area contributed by atoms with Crippen molar-refractivity contribution in [2.45, 2.75) is 32.1 Å². The van der Waals surface area contributed by atoms with E-state index >= 15 is 0 Å².